The zero-order valence-electron chi connectivity index (χ0n) is 9.77. The number of nitrogens with two attached hydrogens (primary N) is 1. The molecule has 0 saturated carbocycles. The van der Waals surface area contributed by atoms with E-state index in [4.69, 9.17) is 10.5 Å². The number of aromatic nitrogens is 2. The zero-order chi connectivity index (χ0) is 12.4. The van der Waals surface area contributed by atoms with E-state index in [1.165, 1.54) is 0 Å². The number of benzene rings is 1. The molecule has 2 aromatic rings. The number of hydrogen-bond donors (Lipinski definition) is 1. The van der Waals surface area contributed by atoms with Crippen molar-refractivity contribution in [3.63, 3.8) is 0 Å². The van der Waals surface area contributed by atoms with Gasteiger partial charge in [0.05, 0.1) is 5.69 Å². The van der Waals surface area contributed by atoms with E-state index in [1.54, 1.807) is 4.68 Å². The van der Waals surface area contributed by atoms with Gasteiger partial charge in [-0.3, -0.25) is 0 Å². The molecule has 0 saturated heterocycles. The molecule has 1 aromatic carbocycles. The van der Waals surface area contributed by atoms with Crippen LogP contribution in [0.25, 0.3) is 0 Å². The van der Waals surface area contributed by atoms with Crippen LogP contribution in [-0.2, 0) is 13.5 Å². The summed E-state index contributed by atoms with van der Waals surface area (Å²) in [6.45, 7) is 2.02. The summed E-state index contributed by atoms with van der Waals surface area (Å²) in [7, 11) is 1.82. The van der Waals surface area contributed by atoms with Crippen LogP contribution in [0, 0.1) is 0 Å². The highest BCUT2D eigenvalue weighted by Gasteiger charge is 2.13. The van der Waals surface area contributed by atoms with Crippen LogP contribution in [0.5, 0.6) is 11.6 Å². The molecule has 0 fully saturated rings. The fraction of sp³-hybridized carbons (Fsp3) is 0.250. The van der Waals surface area contributed by atoms with Gasteiger partial charge in [-0.05, 0) is 24.6 Å². The van der Waals surface area contributed by atoms with Crippen molar-refractivity contribution in [1.29, 1.82) is 0 Å². The van der Waals surface area contributed by atoms with Crippen LogP contribution in [-0.4, -0.2) is 9.78 Å². The van der Waals surface area contributed by atoms with Gasteiger partial charge in [0.25, 0.3) is 0 Å². The Balaban J connectivity index is 2.33. The predicted molar refractivity (Wildman–Crippen MR) is 71.2 cm³/mol. The van der Waals surface area contributed by atoms with Gasteiger partial charge in [0.15, 0.2) is 0 Å². The highest BCUT2D eigenvalue weighted by Crippen LogP contribution is 2.30. The Morgan fingerprint density at radius 3 is 2.82 bits per heavy atom. The van der Waals surface area contributed by atoms with Crippen molar-refractivity contribution >= 4 is 21.6 Å². The number of aryl methyl sites for hydroxylation is 2. The second-order valence-corrected chi connectivity index (χ2v) is 4.62. The first-order chi connectivity index (χ1) is 8.11. The smallest absolute Gasteiger partial charge is 0.241 e. The molecule has 1 aromatic heterocycles. The van der Waals surface area contributed by atoms with Gasteiger partial charge in [-0.1, -0.05) is 28.9 Å². The molecule has 0 aliphatic carbocycles. The number of nitrogen functional groups attached to an aromatic ring is 1. The first-order valence-corrected chi connectivity index (χ1v) is 6.16. The van der Waals surface area contributed by atoms with Gasteiger partial charge in [0.2, 0.25) is 5.88 Å². The summed E-state index contributed by atoms with van der Waals surface area (Å²) in [5, 5.41) is 4.30. The molecule has 0 radical (unpaired) electrons. The van der Waals surface area contributed by atoms with Crippen molar-refractivity contribution in [2.75, 3.05) is 5.73 Å². The molecular formula is C12H14BrN3O. The number of anilines is 1. The average molecular weight is 296 g/mol. The molecule has 17 heavy (non-hydrogen) atoms. The summed E-state index contributed by atoms with van der Waals surface area (Å²) < 4.78 is 8.37. The van der Waals surface area contributed by atoms with Crippen molar-refractivity contribution in [3.05, 3.63) is 34.4 Å². The Labute approximate surface area is 109 Å². The monoisotopic (exact) mass is 295 g/mol. The topological polar surface area (TPSA) is 53.1 Å². The number of rotatable bonds is 3. The maximum absolute atomic E-state index is 5.98. The van der Waals surface area contributed by atoms with Crippen LogP contribution >= 0.6 is 15.9 Å². The van der Waals surface area contributed by atoms with Crippen molar-refractivity contribution in [2.24, 2.45) is 7.05 Å². The third-order valence-electron chi connectivity index (χ3n) is 2.45. The van der Waals surface area contributed by atoms with Crippen LogP contribution in [0.2, 0.25) is 0 Å². The summed E-state index contributed by atoms with van der Waals surface area (Å²) in [4.78, 5) is 0. The molecule has 0 aliphatic rings. The van der Waals surface area contributed by atoms with Gasteiger partial charge < -0.3 is 10.5 Å². The fourth-order valence-corrected chi connectivity index (χ4v) is 1.98. The number of hydrogen-bond acceptors (Lipinski definition) is 3. The minimum atomic E-state index is 0.583. The summed E-state index contributed by atoms with van der Waals surface area (Å²) in [6.07, 6.45) is 0.793. The Morgan fingerprint density at radius 1 is 1.47 bits per heavy atom. The molecule has 0 aliphatic heterocycles. The van der Waals surface area contributed by atoms with E-state index in [2.05, 4.69) is 21.0 Å². The molecule has 0 bridgehead atoms. The number of ether oxygens (including phenoxy) is 1. The van der Waals surface area contributed by atoms with Crippen molar-refractivity contribution in [2.45, 2.75) is 13.3 Å². The highest BCUT2D eigenvalue weighted by atomic mass is 79.9. The lowest BCUT2D eigenvalue weighted by molar-refractivity contribution is 0.432. The maximum Gasteiger partial charge on any atom is 0.241 e. The Hall–Kier alpha value is -1.49. The van der Waals surface area contributed by atoms with Crippen LogP contribution in [0.4, 0.5) is 5.69 Å². The van der Waals surface area contributed by atoms with Crippen LogP contribution < -0.4 is 10.5 Å². The second kappa shape index (κ2) is 4.79. The first kappa shape index (κ1) is 12.0. The summed E-state index contributed by atoms with van der Waals surface area (Å²) in [5.41, 5.74) is 7.45. The number of nitrogens with zero attached hydrogens (tertiary/aromatic N) is 2. The van der Waals surface area contributed by atoms with E-state index in [0.29, 0.717) is 11.6 Å². The van der Waals surface area contributed by atoms with Crippen LogP contribution in [0.3, 0.4) is 0 Å². The quantitative estimate of drug-likeness (QED) is 0.946. The van der Waals surface area contributed by atoms with E-state index in [1.807, 2.05) is 38.2 Å². The minimum absolute atomic E-state index is 0.583. The molecule has 90 valence electrons. The molecule has 4 nitrogen and oxygen atoms in total. The molecule has 0 spiro atoms. The molecule has 1 heterocycles. The number of halogens is 1. The SMILES string of the molecule is CCc1nn(C)c(Oc2cccc(Br)c2)c1N. The Kier molecular flexibility index (Phi) is 3.38. The molecule has 0 unspecified atom stereocenters. The maximum atomic E-state index is 5.98. The van der Waals surface area contributed by atoms with Gasteiger partial charge in [0.1, 0.15) is 11.4 Å². The normalized spacial score (nSPS) is 10.5. The van der Waals surface area contributed by atoms with E-state index in [9.17, 15) is 0 Å². The fourth-order valence-electron chi connectivity index (χ4n) is 1.60. The lowest BCUT2D eigenvalue weighted by atomic mass is 10.3. The van der Waals surface area contributed by atoms with Gasteiger partial charge in [0, 0.05) is 11.5 Å². The summed E-state index contributed by atoms with van der Waals surface area (Å²) in [6, 6.07) is 7.62. The minimum Gasteiger partial charge on any atom is -0.437 e. The highest BCUT2D eigenvalue weighted by molar-refractivity contribution is 9.10. The Morgan fingerprint density at radius 2 is 2.24 bits per heavy atom. The molecule has 0 amide bonds. The van der Waals surface area contributed by atoms with E-state index in [-0.39, 0.29) is 0 Å². The van der Waals surface area contributed by atoms with Gasteiger partial charge >= 0.3 is 0 Å². The summed E-state index contributed by atoms with van der Waals surface area (Å²) >= 11 is 3.40. The molecule has 0 atom stereocenters. The largest absolute Gasteiger partial charge is 0.437 e. The van der Waals surface area contributed by atoms with Crippen molar-refractivity contribution < 1.29 is 4.74 Å². The second-order valence-electron chi connectivity index (χ2n) is 3.70. The molecule has 2 rings (SSSR count). The third-order valence-corrected chi connectivity index (χ3v) is 2.94. The molecular weight excluding hydrogens is 282 g/mol. The van der Waals surface area contributed by atoms with Crippen molar-refractivity contribution in [1.82, 2.24) is 9.78 Å². The zero-order valence-corrected chi connectivity index (χ0v) is 11.4. The molecule has 5 heteroatoms. The van der Waals surface area contributed by atoms with E-state index < -0.39 is 0 Å². The first-order valence-electron chi connectivity index (χ1n) is 5.36. The van der Waals surface area contributed by atoms with Crippen LogP contribution in [0.15, 0.2) is 28.7 Å². The third kappa shape index (κ3) is 2.44. The van der Waals surface area contributed by atoms with Gasteiger partial charge in [-0.2, -0.15) is 5.10 Å². The average Bonchev–Trinajstić information content (AvgIpc) is 2.56. The van der Waals surface area contributed by atoms with Gasteiger partial charge in [-0.15, -0.1) is 0 Å². The van der Waals surface area contributed by atoms with E-state index >= 15 is 0 Å². The van der Waals surface area contributed by atoms with Crippen LogP contribution in [0.1, 0.15) is 12.6 Å². The van der Waals surface area contributed by atoms with Gasteiger partial charge in [-0.25, -0.2) is 4.68 Å². The standard InChI is InChI=1S/C12H14BrN3O/c1-3-10-11(14)12(16(2)15-10)17-9-6-4-5-8(13)7-9/h4-7H,3,14H2,1-2H3. The lowest BCUT2D eigenvalue weighted by Crippen LogP contribution is -1.96. The van der Waals surface area contributed by atoms with E-state index in [0.717, 1.165) is 22.3 Å². The lowest BCUT2D eigenvalue weighted by Gasteiger charge is -2.06. The Bertz CT molecular complexity index is 537. The predicted octanol–water partition coefficient (Wildman–Crippen LogP) is 3.12. The summed E-state index contributed by atoms with van der Waals surface area (Å²) in [5.74, 6) is 1.32. The molecule has 2 N–H and O–H groups in total. The van der Waals surface area contributed by atoms with Crippen molar-refractivity contribution in [3.8, 4) is 11.6 Å².